The Morgan fingerprint density at radius 2 is 1.50 bits per heavy atom. The van der Waals surface area contributed by atoms with E-state index in [9.17, 15) is 0 Å². The van der Waals surface area contributed by atoms with Crippen LogP contribution >= 0.6 is 12.6 Å². The lowest BCUT2D eigenvalue weighted by molar-refractivity contribution is 0.109. The molecule has 0 aromatic heterocycles. The topological polar surface area (TPSA) is 35.2 Å². The number of nitrogens with two attached hydrogens (primary N) is 1. The predicted molar refractivity (Wildman–Crippen MR) is 65.3 cm³/mol. The Hall–Kier alpha value is 0.270. The summed E-state index contributed by atoms with van der Waals surface area (Å²) in [4.78, 5) is 4.57. The first kappa shape index (κ1) is 14.3. The fourth-order valence-electron chi connectivity index (χ4n) is 1.52. The standard InChI is InChI=1S/C11H25NOS/c1-2-3-4-5-6-7-8-9-10-11(14)13-12/h11,14H,2-10,12H2,1H3. The molecule has 0 fully saturated rings. The van der Waals surface area contributed by atoms with Crippen molar-refractivity contribution < 1.29 is 4.84 Å². The molecule has 0 spiro atoms. The van der Waals surface area contributed by atoms with Crippen molar-refractivity contribution in [2.24, 2.45) is 5.90 Å². The Morgan fingerprint density at radius 3 is 2.00 bits per heavy atom. The SMILES string of the molecule is CCCCCCCCCCC(S)ON. The molecule has 86 valence electrons. The zero-order valence-electron chi connectivity index (χ0n) is 9.37. The van der Waals surface area contributed by atoms with Gasteiger partial charge in [-0.25, -0.2) is 5.90 Å². The lowest BCUT2D eigenvalue weighted by Gasteiger charge is -2.06. The minimum Gasteiger partial charge on any atom is -0.291 e. The molecule has 0 rings (SSSR count). The highest BCUT2D eigenvalue weighted by Crippen LogP contribution is 2.12. The van der Waals surface area contributed by atoms with Gasteiger partial charge >= 0.3 is 0 Å². The number of unbranched alkanes of at least 4 members (excludes halogenated alkanes) is 7. The summed E-state index contributed by atoms with van der Waals surface area (Å²) in [7, 11) is 0. The fourth-order valence-corrected chi connectivity index (χ4v) is 1.70. The summed E-state index contributed by atoms with van der Waals surface area (Å²) in [5.74, 6) is 4.99. The van der Waals surface area contributed by atoms with Gasteiger partial charge in [0.15, 0.2) is 0 Å². The summed E-state index contributed by atoms with van der Waals surface area (Å²) in [6.45, 7) is 2.25. The van der Waals surface area contributed by atoms with Crippen molar-refractivity contribution >= 4 is 12.6 Å². The highest BCUT2D eigenvalue weighted by atomic mass is 32.1. The third-order valence-electron chi connectivity index (χ3n) is 2.46. The van der Waals surface area contributed by atoms with E-state index in [0.29, 0.717) is 0 Å². The number of hydrogen-bond acceptors (Lipinski definition) is 3. The Morgan fingerprint density at radius 1 is 1.00 bits per heavy atom. The van der Waals surface area contributed by atoms with Crippen molar-refractivity contribution in [2.45, 2.75) is 70.1 Å². The molecule has 14 heavy (non-hydrogen) atoms. The predicted octanol–water partition coefficient (Wildman–Crippen LogP) is 3.66. The summed E-state index contributed by atoms with van der Waals surface area (Å²) >= 11 is 4.15. The van der Waals surface area contributed by atoms with Crippen LogP contribution in [0, 0.1) is 0 Å². The van der Waals surface area contributed by atoms with Crippen molar-refractivity contribution in [3.8, 4) is 0 Å². The quantitative estimate of drug-likeness (QED) is 0.254. The maximum Gasteiger partial charge on any atom is 0.121 e. The van der Waals surface area contributed by atoms with Crippen LogP contribution in [0.25, 0.3) is 0 Å². The van der Waals surface area contributed by atoms with Gasteiger partial charge in [-0.3, -0.25) is 4.84 Å². The summed E-state index contributed by atoms with van der Waals surface area (Å²) in [6.07, 6.45) is 11.7. The maximum absolute atomic E-state index is 4.99. The number of rotatable bonds is 10. The van der Waals surface area contributed by atoms with Gasteiger partial charge in [0.25, 0.3) is 0 Å². The number of hydrogen-bond donors (Lipinski definition) is 2. The molecule has 0 aliphatic heterocycles. The van der Waals surface area contributed by atoms with Crippen LogP contribution in [0.4, 0.5) is 0 Å². The second-order valence-electron chi connectivity index (χ2n) is 3.85. The average molecular weight is 219 g/mol. The largest absolute Gasteiger partial charge is 0.291 e. The highest BCUT2D eigenvalue weighted by molar-refractivity contribution is 7.80. The Labute approximate surface area is 94.0 Å². The van der Waals surface area contributed by atoms with Gasteiger partial charge in [0, 0.05) is 0 Å². The first-order valence-corrected chi connectivity index (χ1v) is 6.36. The summed E-state index contributed by atoms with van der Waals surface area (Å²) < 4.78 is 0. The first-order valence-electron chi connectivity index (χ1n) is 5.84. The first-order chi connectivity index (χ1) is 6.81. The van der Waals surface area contributed by atoms with Crippen molar-refractivity contribution in [3.05, 3.63) is 0 Å². The van der Waals surface area contributed by atoms with E-state index in [1.807, 2.05) is 0 Å². The van der Waals surface area contributed by atoms with Gasteiger partial charge in [-0.1, -0.05) is 51.9 Å². The zero-order valence-corrected chi connectivity index (χ0v) is 10.3. The molecule has 0 aromatic carbocycles. The van der Waals surface area contributed by atoms with Crippen LogP contribution in [-0.4, -0.2) is 5.44 Å². The molecule has 1 atom stereocenters. The van der Waals surface area contributed by atoms with Crippen LogP contribution in [0.3, 0.4) is 0 Å². The van der Waals surface area contributed by atoms with Gasteiger partial charge < -0.3 is 0 Å². The molecular weight excluding hydrogens is 194 g/mol. The summed E-state index contributed by atoms with van der Waals surface area (Å²) in [5.41, 5.74) is -0.0740. The van der Waals surface area contributed by atoms with E-state index in [1.54, 1.807) is 0 Å². The van der Waals surface area contributed by atoms with E-state index in [-0.39, 0.29) is 5.44 Å². The second-order valence-corrected chi connectivity index (χ2v) is 4.43. The molecular formula is C11H25NOS. The molecule has 0 aromatic rings. The summed E-state index contributed by atoms with van der Waals surface area (Å²) in [5, 5.41) is 0. The zero-order chi connectivity index (χ0) is 10.6. The van der Waals surface area contributed by atoms with Gasteiger partial charge in [0.2, 0.25) is 0 Å². The van der Waals surface area contributed by atoms with E-state index < -0.39 is 0 Å². The molecule has 1 unspecified atom stereocenters. The molecule has 0 heterocycles. The summed E-state index contributed by atoms with van der Waals surface area (Å²) in [6, 6.07) is 0. The fraction of sp³-hybridized carbons (Fsp3) is 1.00. The molecule has 0 bridgehead atoms. The minimum atomic E-state index is -0.0740. The van der Waals surface area contributed by atoms with Crippen LogP contribution in [0.2, 0.25) is 0 Å². The molecule has 0 saturated heterocycles. The molecule has 3 heteroatoms. The van der Waals surface area contributed by atoms with Crippen LogP contribution in [0.1, 0.15) is 64.7 Å². The molecule has 2 nitrogen and oxygen atoms in total. The van der Waals surface area contributed by atoms with Gasteiger partial charge in [-0.05, 0) is 12.8 Å². The Balaban J connectivity index is 2.92. The minimum absolute atomic E-state index is 0.0740. The van der Waals surface area contributed by atoms with Crippen molar-refractivity contribution in [1.29, 1.82) is 0 Å². The third kappa shape index (κ3) is 10.4. The molecule has 0 saturated carbocycles. The number of thiol groups is 1. The van der Waals surface area contributed by atoms with Crippen molar-refractivity contribution in [3.63, 3.8) is 0 Å². The van der Waals surface area contributed by atoms with E-state index in [1.165, 1.54) is 51.4 Å². The molecule has 0 amide bonds. The average Bonchev–Trinajstić information content (AvgIpc) is 2.21. The molecule has 0 aliphatic rings. The van der Waals surface area contributed by atoms with E-state index in [0.717, 1.165) is 6.42 Å². The lowest BCUT2D eigenvalue weighted by Crippen LogP contribution is -2.09. The van der Waals surface area contributed by atoms with Gasteiger partial charge in [0.05, 0.1) is 0 Å². The second kappa shape index (κ2) is 11.3. The highest BCUT2D eigenvalue weighted by Gasteiger charge is 1.99. The maximum atomic E-state index is 4.99. The smallest absolute Gasteiger partial charge is 0.121 e. The lowest BCUT2D eigenvalue weighted by atomic mass is 10.1. The molecule has 0 radical (unpaired) electrons. The van der Waals surface area contributed by atoms with Crippen LogP contribution in [0.5, 0.6) is 0 Å². The van der Waals surface area contributed by atoms with Gasteiger partial charge in [-0.15, -0.1) is 12.6 Å². The monoisotopic (exact) mass is 219 g/mol. The van der Waals surface area contributed by atoms with Gasteiger partial charge in [-0.2, -0.15) is 0 Å². The van der Waals surface area contributed by atoms with E-state index >= 15 is 0 Å². The van der Waals surface area contributed by atoms with Crippen LogP contribution in [0.15, 0.2) is 0 Å². The van der Waals surface area contributed by atoms with Crippen molar-refractivity contribution in [1.82, 2.24) is 0 Å². The normalized spacial score (nSPS) is 13.1. The molecule has 2 N–H and O–H groups in total. The van der Waals surface area contributed by atoms with Crippen LogP contribution in [-0.2, 0) is 4.84 Å². The van der Waals surface area contributed by atoms with Crippen molar-refractivity contribution in [2.75, 3.05) is 0 Å². The van der Waals surface area contributed by atoms with E-state index in [4.69, 9.17) is 5.90 Å². The Bertz CT molecular complexity index is 111. The van der Waals surface area contributed by atoms with E-state index in [2.05, 4.69) is 24.4 Å². The Kier molecular flexibility index (Phi) is 11.6. The molecule has 0 aliphatic carbocycles. The van der Waals surface area contributed by atoms with Gasteiger partial charge in [0.1, 0.15) is 5.44 Å². The van der Waals surface area contributed by atoms with Crippen LogP contribution < -0.4 is 5.90 Å². The third-order valence-corrected chi connectivity index (χ3v) is 2.84.